The summed E-state index contributed by atoms with van der Waals surface area (Å²) in [6.45, 7) is 8.34. The number of hydrogen-bond acceptors (Lipinski definition) is 4. The molecule has 0 aliphatic rings. The minimum absolute atomic E-state index is 0.0604. The van der Waals surface area contributed by atoms with Crippen LogP contribution in [0.4, 0.5) is 0 Å². The third-order valence-corrected chi connectivity index (χ3v) is 2.80. The van der Waals surface area contributed by atoms with Gasteiger partial charge in [0.05, 0.1) is 19.6 Å². The van der Waals surface area contributed by atoms with Crippen molar-refractivity contribution in [2.45, 2.75) is 34.1 Å². The fourth-order valence-electron chi connectivity index (χ4n) is 1.70. The van der Waals surface area contributed by atoms with Gasteiger partial charge in [-0.15, -0.1) is 0 Å². The Morgan fingerprint density at radius 1 is 1.00 bits per heavy atom. The van der Waals surface area contributed by atoms with Crippen LogP contribution < -0.4 is 9.47 Å². The summed E-state index contributed by atoms with van der Waals surface area (Å²) in [5.74, 6) is 0.763. The molecule has 0 N–H and O–H groups in total. The molecule has 0 aromatic heterocycles. The van der Waals surface area contributed by atoms with Gasteiger partial charge in [-0.2, -0.15) is 0 Å². The second kappa shape index (κ2) is 7.68. The van der Waals surface area contributed by atoms with Crippen molar-refractivity contribution in [1.29, 1.82) is 0 Å². The van der Waals surface area contributed by atoms with Gasteiger partial charge in [0.15, 0.2) is 5.78 Å². The SMILES string of the molecule is CCOc1cc(OCC)cc(C(=O)CC(=O)C(C)C)c1. The van der Waals surface area contributed by atoms with Gasteiger partial charge in [0.1, 0.15) is 17.3 Å². The summed E-state index contributed by atoms with van der Waals surface area (Å²) in [5.41, 5.74) is 0.452. The van der Waals surface area contributed by atoms with Gasteiger partial charge in [-0.1, -0.05) is 13.8 Å². The predicted octanol–water partition coefficient (Wildman–Crippen LogP) is 3.28. The zero-order valence-electron chi connectivity index (χ0n) is 12.6. The number of rotatable bonds is 8. The number of ketones is 2. The van der Waals surface area contributed by atoms with E-state index in [0.717, 1.165) is 0 Å². The smallest absolute Gasteiger partial charge is 0.170 e. The van der Waals surface area contributed by atoms with Crippen molar-refractivity contribution in [3.63, 3.8) is 0 Å². The first-order valence-corrected chi connectivity index (χ1v) is 6.94. The molecule has 0 radical (unpaired) electrons. The molecule has 1 aromatic rings. The van der Waals surface area contributed by atoms with Gasteiger partial charge in [0.25, 0.3) is 0 Å². The maximum atomic E-state index is 12.1. The Morgan fingerprint density at radius 2 is 1.50 bits per heavy atom. The monoisotopic (exact) mass is 278 g/mol. The van der Waals surface area contributed by atoms with Crippen LogP contribution in [-0.2, 0) is 4.79 Å². The maximum absolute atomic E-state index is 12.1. The van der Waals surface area contributed by atoms with E-state index in [0.29, 0.717) is 30.3 Å². The van der Waals surface area contributed by atoms with Crippen LogP contribution in [0.5, 0.6) is 11.5 Å². The molecule has 0 bridgehead atoms. The number of carbonyl (C=O) groups excluding carboxylic acids is 2. The van der Waals surface area contributed by atoms with Gasteiger partial charge in [0.2, 0.25) is 0 Å². The van der Waals surface area contributed by atoms with Crippen molar-refractivity contribution in [2.24, 2.45) is 5.92 Å². The van der Waals surface area contributed by atoms with E-state index >= 15 is 0 Å². The molecule has 0 spiro atoms. The molecule has 0 atom stereocenters. The summed E-state index contributed by atoms with van der Waals surface area (Å²) in [4.78, 5) is 23.8. The Kier molecular flexibility index (Phi) is 6.22. The van der Waals surface area contributed by atoms with E-state index < -0.39 is 0 Å². The van der Waals surface area contributed by atoms with Gasteiger partial charge in [-0.25, -0.2) is 0 Å². The molecule has 0 amide bonds. The molecule has 0 aliphatic heterocycles. The molecule has 0 saturated carbocycles. The third kappa shape index (κ3) is 4.68. The Labute approximate surface area is 120 Å². The van der Waals surface area contributed by atoms with E-state index in [1.807, 2.05) is 13.8 Å². The number of ether oxygens (including phenoxy) is 2. The van der Waals surface area contributed by atoms with Crippen molar-refractivity contribution in [3.8, 4) is 11.5 Å². The average Bonchev–Trinajstić information content (AvgIpc) is 2.39. The van der Waals surface area contributed by atoms with Crippen LogP contribution in [0.2, 0.25) is 0 Å². The van der Waals surface area contributed by atoms with Gasteiger partial charge in [-0.05, 0) is 26.0 Å². The molecule has 0 saturated heterocycles. The van der Waals surface area contributed by atoms with Crippen LogP contribution in [0.25, 0.3) is 0 Å². The third-order valence-electron chi connectivity index (χ3n) is 2.80. The summed E-state index contributed by atoms with van der Waals surface area (Å²) < 4.78 is 10.8. The lowest BCUT2D eigenvalue weighted by Gasteiger charge is -2.10. The minimum atomic E-state index is -0.203. The highest BCUT2D eigenvalue weighted by Crippen LogP contribution is 2.24. The Hall–Kier alpha value is -1.84. The zero-order chi connectivity index (χ0) is 15.1. The van der Waals surface area contributed by atoms with E-state index in [2.05, 4.69) is 0 Å². The van der Waals surface area contributed by atoms with E-state index in [4.69, 9.17) is 9.47 Å². The standard InChI is InChI=1S/C16H22O4/c1-5-19-13-7-12(8-14(9-13)20-6-2)16(18)10-15(17)11(3)4/h7-9,11H,5-6,10H2,1-4H3. The molecule has 4 heteroatoms. The van der Waals surface area contributed by atoms with Crippen LogP contribution >= 0.6 is 0 Å². The number of Topliss-reactive ketones (excluding diaryl/α,β-unsaturated/α-hetero) is 2. The summed E-state index contributed by atoms with van der Waals surface area (Å²) in [7, 11) is 0. The lowest BCUT2D eigenvalue weighted by Crippen LogP contribution is -2.13. The van der Waals surface area contributed by atoms with Crippen molar-refractivity contribution >= 4 is 11.6 Å². The zero-order valence-corrected chi connectivity index (χ0v) is 12.6. The summed E-state index contributed by atoms with van der Waals surface area (Å²) in [6, 6.07) is 5.05. The van der Waals surface area contributed by atoms with Crippen molar-refractivity contribution < 1.29 is 19.1 Å². The van der Waals surface area contributed by atoms with Crippen LogP contribution in [0.3, 0.4) is 0 Å². The largest absolute Gasteiger partial charge is 0.494 e. The number of carbonyl (C=O) groups is 2. The molecule has 1 rings (SSSR count). The van der Waals surface area contributed by atoms with Gasteiger partial charge >= 0.3 is 0 Å². The van der Waals surface area contributed by atoms with Gasteiger partial charge in [-0.3, -0.25) is 9.59 Å². The van der Waals surface area contributed by atoms with Crippen LogP contribution in [-0.4, -0.2) is 24.8 Å². The first-order valence-electron chi connectivity index (χ1n) is 6.94. The van der Waals surface area contributed by atoms with Crippen molar-refractivity contribution in [3.05, 3.63) is 23.8 Å². The van der Waals surface area contributed by atoms with Crippen molar-refractivity contribution in [1.82, 2.24) is 0 Å². The second-order valence-corrected chi connectivity index (χ2v) is 4.78. The summed E-state index contributed by atoms with van der Waals surface area (Å²) >= 11 is 0. The first-order chi connectivity index (χ1) is 9.47. The quantitative estimate of drug-likeness (QED) is 0.541. The second-order valence-electron chi connectivity index (χ2n) is 4.78. The molecule has 1 aromatic carbocycles. The van der Waals surface area contributed by atoms with E-state index in [9.17, 15) is 9.59 Å². The topological polar surface area (TPSA) is 52.6 Å². The highest BCUT2D eigenvalue weighted by molar-refractivity contribution is 6.08. The fraction of sp³-hybridized carbons (Fsp3) is 0.500. The molecule has 0 unspecified atom stereocenters. The lowest BCUT2D eigenvalue weighted by molar-refractivity contribution is -0.121. The summed E-state index contributed by atoms with van der Waals surface area (Å²) in [6.07, 6.45) is -0.0845. The van der Waals surface area contributed by atoms with Gasteiger partial charge in [0, 0.05) is 17.5 Å². The minimum Gasteiger partial charge on any atom is -0.494 e. The van der Waals surface area contributed by atoms with E-state index in [1.54, 1.807) is 32.0 Å². The molecule has 110 valence electrons. The molecule has 0 aliphatic carbocycles. The first kappa shape index (κ1) is 16.2. The Morgan fingerprint density at radius 3 is 1.90 bits per heavy atom. The highest BCUT2D eigenvalue weighted by Gasteiger charge is 2.16. The predicted molar refractivity (Wildman–Crippen MR) is 77.6 cm³/mol. The summed E-state index contributed by atoms with van der Waals surface area (Å²) in [5, 5.41) is 0. The van der Waals surface area contributed by atoms with E-state index in [-0.39, 0.29) is 23.9 Å². The maximum Gasteiger partial charge on any atom is 0.170 e. The van der Waals surface area contributed by atoms with Crippen LogP contribution in [0.15, 0.2) is 18.2 Å². The fourth-order valence-corrected chi connectivity index (χ4v) is 1.70. The lowest BCUT2D eigenvalue weighted by atomic mass is 9.99. The molecule has 0 fully saturated rings. The Bertz CT molecular complexity index is 453. The number of benzene rings is 1. The molecule has 4 nitrogen and oxygen atoms in total. The van der Waals surface area contributed by atoms with Gasteiger partial charge < -0.3 is 9.47 Å². The average molecular weight is 278 g/mol. The molecule has 20 heavy (non-hydrogen) atoms. The molecular formula is C16H22O4. The number of hydrogen-bond donors (Lipinski definition) is 0. The van der Waals surface area contributed by atoms with Crippen molar-refractivity contribution in [2.75, 3.05) is 13.2 Å². The Balaban J connectivity index is 2.97. The highest BCUT2D eigenvalue weighted by atomic mass is 16.5. The normalized spacial score (nSPS) is 10.4. The van der Waals surface area contributed by atoms with Crippen LogP contribution in [0.1, 0.15) is 44.5 Å². The van der Waals surface area contributed by atoms with E-state index in [1.165, 1.54) is 0 Å². The molecular weight excluding hydrogens is 256 g/mol. The molecule has 0 heterocycles. The van der Waals surface area contributed by atoms with Crippen LogP contribution in [0, 0.1) is 5.92 Å².